The third-order valence-corrected chi connectivity index (χ3v) is 6.05. The molecule has 1 atom stereocenters. The molecule has 0 bridgehead atoms. The number of hydrazine groups is 1. The van der Waals surface area contributed by atoms with Crippen molar-refractivity contribution >= 4 is 11.7 Å². The number of ether oxygens (including phenoxy) is 2. The number of halogens is 5. The second kappa shape index (κ2) is 10.9. The predicted octanol–water partition coefficient (Wildman–Crippen LogP) is 4.86. The van der Waals surface area contributed by atoms with Crippen LogP contribution in [0.25, 0.3) is 0 Å². The summed E-state index contributed by atoms with van der Waals surface area (Å²) in [6.07, 6.45) is -2.41. The third kappa shape index (κ3) is 6.27. The van der Waals surface area contributed by atoms with Gasteiger partial charge in [0.25, 0.3) is 18.6 Å². The number of aryl methyl sites for hydroxylation is 1. The van der Waals surface area contributed by atoms with Crippen molar-refractivity contribution in [3.05, 3.63) is 64.7 Å². The average Bonchev–Trinajstić information content (AvgIpc) is 3.34. The molecule has 1 aromatic heterocycles. The number of nitrogens with one attached hydrogen (secondary N) is 2. The molecule has 8 nitrogen and oxygen atoms in total. The highest BCUT2D eigenvalue weighted by Crippen LogP contribution is 2.35. The second-order valence-electron chi connectivity index (χ2n) is 8.83. The lowest BCUT2D eigenvalue weighted by molar-refractivity contribution is -0.129. The van der Waals surface area contributed by atoms with Gasteiger partial charge in [-0.25, -0.2) is 36.9 Å². The number of hydrogen-bond donors (Lipinski definition) is 2. The highest BCUT2D eigenvalue weighted by atomic mass is 19.3. The van der Waals surface area contributed by atoms with Crippen molar-refractivity contribution in [2.75, 3.05) is 18.4 Å². The summed E-state index contributed by atoms with van der Waals surface area (Å²) in [4.78, 5) is 21.5. The van der Waals surface area contributed by atoms with Crippen LogP contribution in [-0.4, -0.2) is 39.9 Å². The van der Waals surface area contributed by atoms with E-state index < -0.39 is 42.0 Å². The molecular formula is C24H26F5N5O3. The summed E-state index contributed by atoms with van der Waals surface area (Å²) < 4.78 is 78.9. The Kier molecular flexibility index (Phi) is 7.81. The molecule has 0 saturated carbocycles. The van der Waals surface area contributed by atoms with E-state index in [4.69, 9.17) is 9.47 Å². The van der Waals surface area contributed by atoms with Crippen molar-refractivity contribution in [1.29, 1.82) is 0 Å². The van der Waals surface area contributed by atoms with Crippen molar-refractivity contribution in [1.82, 2.24) is 20.4 Å². The zero-order chi connectivity index (χ0) is 26.7. The molecule has 2 N–H and O–H groups in total. The molecule has 1 amide bonds. The zero-order valence-electron chi connectivity index (χ0n) is 20.1. The van der Waals surface area contributed by atoms with Gasteiger partial charge in [-0.1, -0.05) is 18.2 Å². The molecule has 37 heavy (non-hydrogen) atoms. The molecule has 13 heteroatoms. The normalized spacial score (nSPS) is 18.4. The summed E-state index contributed by atoms with van der Waals surface area (Å²) in [6, 6.07) is 2.93. The van der Waals surface area contributed by atoms with E-state index in [1.54, 1.807) is 13.8 Å². The number of alkyl halides is 4. The summed E-state index contributed by atoms with van der Waals surface area (Å²) in [5, 5.41) is 4.43. The molecular weight excluding hydrogens is 501 g/mol. The molecule has 3 heterocycles. The van der Waals surface area contributed by atoms with Crippen LogP contribution >= 0.6 is 0 Å². The lowest BCUT2D eigenvalue weighted by Crippen LogP contribution is -2.49. The summed E-state index contributed by atoms with van der Waals surface area (Å²) in [5.74, 6) is -3.85. The number of anilines is 1. The van der Waals surface area contributed by atoms with Crippen LogP contribution in [-0.2, 0) is 20.7 Å². The number of carbonyl (C=O) groups is 1. The van der Waals surface area contributed by atoms with Crippen LogP contribution in [0.4, 0.5) is 27.8 Å². The van der Waals surface area contributed by atoms with Gasteiger partial charge in [0, 0.05) is 31.5 Å². The lowest BCUT2D eigenvalue weighted by Gasteiger charge is -2.31. The predicted molar refractivity (Wildman–Crippen MR) is 122 cm³/mol. The van der Waals surface area contributed by atoms with Crippen LogP contribution in [0.5, 0.6) is 0 Å². The van der Waals surface area contributed by atoms with Crippen molar-refractivity contribution in [2.24, 2.45) is 0 Å². The second-order valence-corrected chi connectivity index (χ2v) is 8.83. The molecule has 2 aliphatic rings. The summed E-state index contributed by atoms with van der Waals surface area (Å²) in [7, 11) is 0. The van der Waals surface area contributed by atoms with Gasteiger partial charge >= 0.3 is 0 Å². The SMILES string of the molecule is Cc1nc(CC(=O)NN2CCC(F)(F)CC2)c(C2OC=CO2)c(N[C@H](C)c2cccc(C(F)F)c2F)n1. The smallest absolute Gasteiger partial charge is 0.271 e. The number of aromatic nitrogens is 2. The standard InChI is InChI=1S/C24H26F5N5O3/c1-13(15-4-3-5-16(20(15)25)21(26)27)30-22-19(23-36-10-11-37-23)17(31-14(2)32-22)12-18(35)33-34-8-6-24(28,29)7-9-34/h3-5,10-11,13,21,23H,6-9,12H2,1-2H3,(H,33,35)(H,30,31,32)/t13-/m1/s1. The van der Waals surface area contributed by atoms with Gasteiger partial charge in [-0.05, 0) is 13.8 Å². The molecule has 0 radical (unpaired) electrons. The Bertz CT molecular complexity index is 1160. The van der Waals surface area contributed by atoms with Crippen LogP contribution < -0.4 is 10.7 Å². The van der Waals surface area contributed by atoms with E-state index in [0.717, 1.165) is 6.07 Å². The van der Waals surface area contributed by atoms with Crippen LogP contribution in [0.15, 0.2) is 30.7 Å². The minimum atomic E-state index is -2.98. The molecule has 2 aliphatic heterocycles. The van der Waals surface area contributed by atoms with Crippen molar-refractivity contribution < 1.29 is 36.2 Å². The largest absolute Gasteiger partial charge is 0.455 e. The fourth-order valence-electron chi connectivity index (χ4n) is 4.17. The molecule has 1 fully saturated rings. The number of piperidine rings is 1. The van der Waals surface area contributed by atoms with Gasteiger partial charge in [-0.3, -0.25) is 10.2 Å². The van der Waals surface area contributed by atoms with E-state index in [1.165, 1.54) is 29.7 Å². The Morgan fingerprint density at radius 3 is 2.46 bits per heavy atom. The van der Waals surface area contributed by atoms with Crippen molar-refractivity contribution in [2.45, 2.75) is 57.8 Å². The van der Waals surface area contributed by atoms with Gasteiger partial charge in [0.05, 0.1) is 29.3 Å². The quantitative estimate of drug-likeness (QED) is 0.475. The summed E-state index contributed by atoms with van der Waals surface area (Å²) in [5.41, 5.74) is 2.38. The van der Waals surface area contributed by atoms with E-state index in [0.29, 0.717) is 0 Å². The van der Waals surface area contributed by atoms with Gasteiger partial charge in [0.2, 0.25) is 5.91 Å². The number of amides is 1. The summed E-state index contributed by atoms with van der Waals surface area (Å²) >= 11 is 0. The first-order chi connectivity index (χ1) is 17.5. The van der Waals surface area contributed by atoms with Crippen molar-refractivity contribution in [3.8, 4) is 0 Å². The van der Waals surface area contributed by atoms with Crippen molar-refractivity contribution in [3.63, 3.8) is 0 Å². The van der Waals surface area contributed by atoms with Gasteiger partial charge < -0.3 is 14.8 Å². The molecule has 1 aromatic carbocycles. The lowest BCUT2D eigenvalue weighted by atomic mass is 10.0. The first-order valence-electron chi connectivity index (χ1n) is 11.6. The number of hydrogen-bond acceptors (Lipinski definition) is 7. The van der Waals surface area contributed by atoms with Crippen LogP contribution in [0.2, 0.25) is 0 Å². The minimum Gasteiger partial charge on any atom is -0.455 e. The topological polar surface area (TPSA) is 88.6 Å². The Morgan fingerprint density at radius 2 is 1.81 bits per heavy atom. The Morgan fingerprint density at radius 1 is 1.16 bits per heavy atom. The molecule has 0 aliphatic carbocycles. The third-order valence-electron chi connectivity index (χ3n) is 6.05. The maximum atomic E-state index is 14.8. The Hall–Kier alpha value is -3.48. The highest BCUT2D eigenvalue weighted by molar-refractivity contribution is 5.78. The molecule has 2 aromatic rings. The fourth-order valence-corrected chi connectivity index (χ4v) is 4.17. The van der Waals surface area contributed by atoms with E-state index >= 15 is 0 Å². The Balaban J connectivity index is 1.58. The molecule has 0 spiro atoms. The maximum absolute atomic E-state index is 14.8. The van der Waals surface area contributed by atoms with Crippen LogP contribution in [0.1, 0.15) is 66.7 Å². The van der Waals surface area contributed by atoms with Gasteiger partial charge in [0.1, 0.15) is 30.0 Å². The van der Waals surface area contributed by atoms with Crippen LogP contribution in [0, 0.1) is 12.7 Å². The molecule has 1 saturated heterocycles. The van der Waals surface area contributed by atoms with E-state index in [2.05, 4.69) is 20.7 Å². The van der Waals surface area contributed by atoms with E-state index in [9.17, 15) is 26.7 Å². The highest BCUT2D eigenvalue weighted by Gasteiger charge is 2.35. The first kappa shape index (κ1) is 26.6. The zero-order valence-corrected chi connectivity index (χ0v) is 20.1. The maximum Gasteiger partial charge on any atom is 0.271 e. The van der Waals surface area contributed by atoms with Gasteiger partial charge in [-0.2, -0.15) is 0 Å². The Labute approximate surface area is 209 Å². The van der Waals surface area contributed by atoms with E-state index in [1.807, 2.05) is 0 Å². The summed E-state index contributed by atoms with van der Waals surface area (Å²) in [6.45, 7) is 3.16. The molecule has 200 valence electrons. The molecule has 4 rings (SSSR count). The van der Waals surface area contributed by atoms with Crippen LogP contribution in [0.3, 0.4) is 0 Å². The minimum absolute atomic E-state index is 0.000725. The number of carbonyl (C=O) groups excluding carboxylic acids is 1. The number of rotatable bonds is 8. The average molecular weight is 527 g/mol. The monoisotopic (exact) mass is 527 g/mol. The number of nitrogens with zero attached hydrogens (tertiary/aromatic N) is 3. The van der Waals surface area contributed by atoms with Gasteiger partial charge in [0.15, 0.2) is 0 Å². The molecule has 0 unspecified atom stereocenters. The fraction of sp³-hybridized carbons (Fsp3) is 0.458. The van der Waals surface area contributed by atoms with E-state index in [-0.39, 0.29) is 60.8 Å². The van der Waals surface area contributed by atoms with Gasteiger partial charge in [-0.15, -0.1) is 0 Å². The number of benzene rings is 1. The first-order valence-corrected chi connectivity index (χ1v) is 11.6.